The van der Waals surface area contributed by atoms with Crippen molar-refractivity contribution < 1.29 is 59.9 Å². The van der Waals surface area contributed by atoms with Crippen LogP contribution in [0.2, 0.25) is 0 Å². The fraction of sp³-hybridized carbons (Fsp3) is 0.705. The van der Waals surface area contributed by atoms with Gasteiger partial charge in [-0.15, -0.1) is 0 Å². The second-order valence-electron chi connectivity index (χ2n) is 18.8. The van der Waals surface area contributed by atoms with Gasteiger partial charge in [0, 0.05) is 76.2 Å². The van der Waals surface area contributed by atoms with Gasteiger partial charge in [0.25, 0.3) is 0 Å². The lowest BCUT2D eigenvalue weighted by molar-refractivity contribution is -0.143. The minimum absolute atomic E-state index is 0.0354. The molecule has 0 bridgehead atoms. The highest BCUT2D eigenvalue weighted by molar-refractivity contribution is 5.90. The van der Waals surface area contributed by atoms with Crippen molar-refractivity contribution >= 4 is 47.9 Å². The Labute approximate surface area is 411 Å². The predicted molar refractivity (Wildman–Crippen MR) is 256 cm³/mol. The van der Waals surface area contributed by atoms with Crippen molar-refractivity contribution in [2.24, 2.45) is 23.7 Å². The molecule has 0 aliphatic heterocycles. The van der Waals surface area contributed by atoms with E-state index in [2.05, 4.69) is 69.1 Å². The summed E-state index contributed by atoms with van der Waals surface area (Å²) < 4.78 is 79.6. The topological polar surface area (TPSA) is 288 Å². The van der Waals surface area contributed by atoms with Crippen LogP contribution in [0.1, 0.15) is 93.2 Å². The lowest BCUT2D eigenvalue weighted by Gasteiger charge is -2.26. The van der Waals surface area contributed by atoms with Crippen LogP contribution >= 0.6 is 0 Å². The molecule has 6 atom stereocenters. The summed E-state index contributed by atoms with van der Waals surface area (Å²) in [6, 6.07) is -6.82. The Balaban J connectivity index is 2.62. The van der Waals surface area contributed by atoms with Crippen LogP contribution in [0.4, 0.5) is 65.6 Å². The first-order valence-corrected chi connectivity index (χ1v) is 23.4. The molecule has 0 aliphatic carbocycles. The number of carbonyl (C=O) groups excluding carboxylic acids is 7. The van der Waals surface area contributed by atoms with Gasteiger partial charge in [0.15, 0.2) is 0 Å². The van der Waals surface area contributed by atoms with Crippen molar-refractivity contribution in [2.75, 3.05) is 51.6 Å². The molecule has 14 amide bonds. The van der Waals surface area contributed by atoms with Gasteiger partial charge in [0.1, 0.15) is 0 Å². The molecule has 14 N–H and O–H groups in total. The number of rotatable bonds is 25. The Morgan fingerprint density at radius 1 is 0.423 bits per heavy atom. The monoisotopic (exact) mass is 1030 g/mol. The number of hydrogen-bond donors (Lipinski definition) is 14. The van der Waals surface area contributed by atoms with Crippen molar-refractivity contribution in [2.45, 2.75) is 131 Å². The van der Waals surface area contributed by atoms with Gasteiger partial charge in [-0.25, -0.2) is 33.6 Å². The van der Waals surface area contributed by atoms with E-state index < -0.39 is 95.6 Å². The molecule has 1 aromatic carbocycles. The summed E-state index contributed by atoms with van der Waals surface area (Å²) in [6.45, 7) is 18.4. The Bertz CT molecular complexity index is 1840. The number of carbonyl (C=O) groups is 7. The van der Waals surface area contributed by atoms with E-state index in [-0.39, 0.29) is 81.1 Å². The minimum atomic E-state index is -5.11. The highest BCUT2D eigenvalue weighted by atomic mass is 19.4. The number of amides is 14. The lowest BCUT2D eigenvalue weighted by atomic mass is 10.0. The summed E-state index contributed by atoms with van der Waals surface area (Å²) in [5.41, 5.74) is -3.95. The van der Waals surface area contributed by atoms with Gasteiger partial charge in [0.05, 0.1) is 23.2 Å². The van der Waals surface area contributed by atoms with Gasteiger partial charge < -0.3 is 74.4 Å². The number of benzene rings is 1. The first-order valence-electron chi connectivity index (χ1n) is 23.4. The summed E-state index contributed by atoms with van der Waals surface area (Å²) in [6.07, 6.45) is -9.11. The van der Waals surface area contributed by atoms with Gasteiger partial charge in [-0.3, -0.25) is 0 Å². The van der Waals surface area contributed by atoms with E-state index in [1.165, 1.54) is 7.05 Å². The molecule has 0 spiro atoms. The minimum Gasteiger partial charge on any atom is -0.341 e. The molecule has 71 heavy (non-hydrogen) atoms. The lowest BCUT2D eigenvalue weighted by Crippen LogP contribution is -2.55. The van der Waals surface area contributed by atoms with E-state index >= 15 is 0 Å². The van der Waals surface area contributed by atoms with E-state index in [0.717, 1.165) is 0 Å². The van der Waals surface area contributed by atoms with Crippen LogP contribution in [-0.4, -0.2) is 125 Å². The second-order valence-corrected chi connectivity index (χ2v) is 18.8. The molecule has 27 heteroatoms. The van der Waals surface area contributed by atoms with Gasteiger partial charge in [0.2, 0.25) is 0 Å². The van der Waals surface area contributed by atoms with E-state index in [1.54, 1.807) is 27.7 Å². The van der Waals surface area contributed by atoms with Gasteiger partial charge >= 0.3 is 54.6 Å². The quantitative estimate of drug-likeness (QED) is 0.0600. The second kappa shape index (κ2) is 30.4. The van der Waals surface area contributed by atoms with E-state index in [1.807, 2.05) is 46.9 Å². The highest BCUT2D eigenvalue weighted by Gasteiger charge is 2.37. The molecule has 0 fully saturated rings. The fourth-order valence-electron chi connectivity index (χ4n) is 6.56. The van der Waals surface area contributed by atoms with Crippen molar-refractivity contribution in [3.8, 4) is 0 Å². The summed E-state index contributed by atoms with van der Waals surface area (Å²) in [5.74, 6) is -0.0783. The summed E-state index contributed by atoms with van der Waals surface area (Å²) in [5, 5.41) is 36.8. The normalized spacial score (nSPS) is 14.2. The summed E-state index contributed by atoms with van der Waals surface area (Å²) >= 11 is 0. The molecule has 406 valence electrons. The summed E-state index contributed by atoms with van der Waals surface area (Å²) in [7, 11) is 1.49. The van der Waals surface area contributed by atoms with Crippen LogP contribution in [-0.2, 0) is 12.4 Å². The number of hydrogen-bond acceptors (Lipinski definition) is 7. The third kappa shape index (κ3) is 27.6. The first kappa shape index (κ1) is 62.7. The number of alkyl halides is 6. The zero-order chi connectivity index (χ0) is 54.2. The smallest absolute Gasteiger partial charge is 0.341 e. The zero-order valence-electron chi connectivity index (χ0n) is 42.3. The number of anilines is 1. The Morgan fingerprint density at radius 2 is 0.746 bits per heavy atom. The van der Waals surface area contributed by atoms with Gasteiger partial charge in [-0.1, -0.05) is 55.4 Å². The van der Waals surface area contributed by atoms with E-state index in [9.17, 15) is 59.9 Å². The molecule has 1 aromatic rings. The Kier molecular flexibility index (Phi) is 26.9. The molecule has 0 unspecified atom stereocenters. The maximum Gasteiger partial charge on any atom is 0.416 e. The molecule has 21 nitrogen and oxygen atoms in total. The molecule has 0 radical (unpaired) electrons. The average Bonchev–Trinajstić information content (AvgIpc) is 3.24. The van der Waals surface area contributed by atoms with Crippen molar-refractivity contribution in [1.82, 2.24) is 69.1 Å². The number of halogens is 6. The van der Waals surface area contributed by atoms with Crippen LogP contribution in [0.15, 0.2) is 18.2 Å². The average molecular weight is 1030 g/mol. The predicted octanol–water partition coefficient (Wildman–Crippen LogP) is 4.93. The summed E-state index contributed by atoms with van der Waals surface area (Å²) in [4.78, 5) is 88.1. The molecular weight excluding hydrogens is 951 g/mol. The van der Waals surface area contributed by atoms with Gasteiger partial charge in [-0.05, 0) is 68.6 Å². The number of urea groups is 7. The van der Waals surface area contributed by atoms with Crippen molar-refractivity contribution in [3.63, 3.8) is 0 Å². The molecule has 0 aliphatic rings. The van der Waals surface area contributed by atoms with Crippen LogP contribution in [0.25, 0.3) is 0 Å². The van der Waals surface area contributed by atoms with Crippen LogP contribution in [0, 0.1) is 23.7 Å². The number of nitrogens with one attached hydrogen (secondary N) is 14. The van der Waals surface area contributed by atoms with E-state index in [0.29, 0.717) is 25.0 Å². The van der Waals surface area contributed by atoms with Crippen LogP contribution < -0.4 is 74.4 Å². The largest absolute Gasteiger partial charge is 0.416 e. The third-order valence-electron chi connectivity index (χ3n) is 10.4. The SMILES string of the molecule is CNC(=O)NC[C@H](CC(C)C)NC(=O)NC[C@H](C)NC(=O)NC[C@@H](NC(=O)NC[C@H](CC(C)C)NC(=O)NC[C@H](C)NC(=O)NC[C@@H](NC(=O)Nc1cc(C(F)(F)F)cc(C(F)(F)F)c1)C(C)C)C(C)C. The molecule has 0 saturated carbocycles. The van der Waals surface area contributed by atoms with Gasteiger partial charge in [-0.2, -0.15) is 26.3 Å². The molecule has 0 aromatic heterocycles. The van der Waals surface area contributed by atoms with Crippen molar-refractivity contribution in [1.29, 1.82) is 0 Å². The third-order valence-corrected chi connectivity index (χ3v) is 10.4. The molecular formula is C44H76F6N14O7. The van der Waals surface area contributed by atoms with Crippen LogP contribution in [0.3, 0.4) is 0 Å². The Morgan fingerprint density at radius 3 is 1.10 bits per heavy atom. The Hall–Kier alpha value is -6.31. The standard InChI is InChI=1S/C44H76F6N14O7/c1-23(2)12-32(19-54-36(65)51-11)61-39(68)52-17-27(9)58-37(66)56-21-34(25(5)6)63-41(70)55-20-33(13-24(3)4)62-40(69)53-18-28(10)59-38(67)57-22-35(26(7)8)64-42(71)60-31-15-29(43(45,46)47)14-30(16-31)44(48,49)50/h14-16,23-28,32-35H,12-13,17-22H2,1-11H3,(H2,51,54,65)(H2,52,61,68)(H2,53,62,69)(H2,55,63,70)(H2,56,58,66)(H2,57,59,67)(H2,60,64,71)/t27-,28-,32-,33-,34+,35+/m0/s1. The fourth-order valence-corrected chi connectivity index (χ4v) is 6.56. The maximum atomic E-state index is 13.3. The highest BCUT2D eigenvalue weighted by Crippen LogP contribution is 2.37. The molecule has 0 saturated heterocycles. The van der Waals surface area contributed by atoms with Crippen molar-refractivity contribution in [3.05, 3.63) is 29.3 Å². The van der Waals surface area contributed by atoms with E-state index in [4.69, 9.17) is 0 Å². The molecule has 0 heterocycles. The zero-order valence-corrected chi connectivity index (χ0v) is 42.3. The first-order chi connectivity index (χ1) is 32.9. The maximum absolute atomic E-state index is 13.3. The van der Waals surface area contributed by atoms with Crippen LogP contribution in [0.5, 0.6) is 0 Å². The molecule has 1 rings (SSSR count).